The van der Waals surface area contributed by atoms with Gasteiger partial charge in [0.2, 0.25) is 0 Å². The summed E-state index contributed by atoms with van der Waals surface area (Å²) in [5.74, 6) is 0.716. The van der Waals surface area contributed by atoms with Gasteiger partial charge in [-0.1, -0.05) is 23.7 Å². The van der Waals surface area contributed by atoms with Crippen LogP contribution in [0.5, 0.6) is 5.75 Å². The van der Waals surface area contributed by atoms with Crippen LogP contribution >= 0.6 is 11.6 Å². The molecular weight excluding hydrogens is 260 g/mol. The number of rotatable bonds is 3. The molecule has 0 fully saturated rings. The maximum atomic E-state index is 9.07. The molecule has 0 aliphatic carbocycles. The smallest absolute Gasteiger partial charge is 0.120 e. The summed E-state index contributed by atoms with van der Waals surface area (Å²) in [4.78, 5) is 0. The molecule has 2 N–H and O–H groups in total. The van der Waals surface area contributed by atoms with Gasteiger partial charge in [-0.2, -0.15) is 5.26 Å². The van der Waals surface area contributed by atoms with E-state index in [1.165, 1.54) is 0 Å². The molecule has 0 amide bonds. The van der Waals surface area contributed by atoms with Gasteiger partial charge in [-0.25, -0.2) is 0 Å². The van der Waals surface area contributed by atoms with E-state index in [0.29, 0.717) is 28.6 Å². The topological polar surface area (TPSA) is 59.0 Å². The Labute approximate surface area is 117 Å². The van der Waals surface area contributed by atoms with Crippen LogP contribution in [0.1, 0.15) is 16.7 Å². The van der Waals surface area contributed by atoms with Gasteiger partial charge >= 0.3 is 0 Å². The Morgan fingerprint density at radius 2 is 2.11 bits per heavy atom. The molecule has 0 aliphatic rings. The van der Waals surface area contributed by atoms with Gasteiger partial charge in [-0.3, -0.25) is 0 Å². The normalized spacial score (nSPS) is 9.95. The molecule has 0 radical (unpaired) electrons. The maximum Gasteiger partial charge on any atom is 0.120 e. The number of nitrogens with two attached hydrogens (primary N) is 1. The van der Waals surface area contributed by atoms with Gasteiger partial charge in [0.15, 0.2) is 0 Å². The summed E-state index contributed by atoms with van der Waals surface area (Å²) < 4.78 is 5.66. The van der Waals surface area contributed by atoms with E-state index in [1.807, 2.05) is 25.1 Å². The summed E-state index contributed by atoms with van der Waals surface area (Å²) in [6.45, 7) is 2.21. The van der Waals surface area contributed by atoms with Gasteiger partial charge in [-0.05, 0) is 36.8 Å². The molecule has 0 aromatic heterocycles. The quantitative estimate of drug-likeness (QED) is 0.867. The number of anilines is 1. The van der Waals surface area contributed by atoms with Gasteiger partial charge < -0.3 is 10.5 Å². The van der Waals surface area contributed by atoms with E-state index in [9.17, 15) is 0 Å². The lowest BCUT2D eigenvalue weighted by atomic mass is 10.1. The van der Waals surface area contributed by atoms with Crippen LogP contribution in [0.2, 0.25) is 5.02 Å². The Kier molecular flexibility index (Phi) is 3.94. The van der Waals surface area contributed by atoms with Crippen molar-refractivity contribution < 1.29 is 4.74 Å². The number of hydrogen-bond donors (Lipinski definition) is 1. The van der Waals surface area contributed by atoms with Crippen molar-refractivity contribution in [1.29, 1.82) is 5.26 Å². The first kappa shape index (κ1) is 13.3. The van der Waals surface area contributed by atoms with Crippen molar-refractivity contribution in [1.82, 2.24) is 0 Å². The van der Waals surface area contributed by atoms with Crippen LogP contribution < -0.4 is 10.5 Å². The zero-order chi connectivity index (χ0) is 13.8. The standard InChI is InChI=1S/C15H13ClN2O/c1-10-7-12(5-6-14(10)16)19-9-11-3-2-4-15(18)13(11)8-17/h2-7H,9,18H2,1H3. The second-order valence-corrected chi connectivity index (χ2v) is 4.60. The van der Waals surface area contributed by atoms with Crippen LogP contribution in [-0.2, 0) is 6.61 Å². The largest absolute Gasteiger partial charge is 0.489 e. The molecule has 0 bridgehead atoms. The molecule has 0 aliphatic heterocycles. The fraction of sp³-hybridized carbons (Fsp3) is 0.133. The highest BCUT2D eigenvalue weighted by atomic mass is 35.5. The lowest BCUT2D eigenvalue weighted by Gasteiger charge is -2.10. The molecule has 0 saturated heterocycles. The summed E-state index contributed by atoms with van der Waals surface area (Å²) in [5, 5.41) is 9.78. The van der Waals surface area contributed by atoms with Crippen molar-refractivity contribution >= 4 is 17.3 Å². The van der Waals surface area contributed by atoms with Crippen molar-refractivity contribution in [3.8, 4) is 11.8 Å². The zero-order valence-electron chi connectivity index (χ0n) is 10.5. The van der Waals surface area contributed by atoms with E-state index in [-0.39, 0.29) is 0 Å². The SMILES string of the molecule is Cc1cc(OCc2cccc(N)c2C#N)ccc1Cl. The average molecular weight is 273 g/mol. The summed E-state index contributed by atoms with van der Waals surface area (Å²) >= 11 is 5.95. The number of halogens is 1. The number of nitrogens with zero attached hydrogens (tertiary/aromatic N) is 1. The molecule has 19 heavy (non-hydrogen) atoms. The van der Waals surface area contributed by atoms with Crippen LogP contribution in [0.25, 0.3) is 0 Å². The van der Waals surface area contributed by atoms with Gasteiger partial charge in [-0.15, -0.1) is 0 Å². The van der Waals surface area contributed by atoms with E-state index >= 15 is 0 Å². The third-order valence-corrected chi connectivity index (χ3v) is 3.24. The fourth-order valence-electron chi connectivity index (χ4n) is 1.74. The minimum absolute atomic E-state index is 0.301. The average Bonchev–Trinajstić information content (AvgIpc) is 2.40. The Morgan fingerprint density at radius 3 is 2.79 bits per heavy atom. The number of benzene rings is 2. The third-order valence-electron chi connectivity index (χ3n) is 2.82. The lowest BCUT2D eigenvalue weighted by molar-refractivity contribution is 0.306. The molecule has 0 unspecified atom stereocenters. The highest BCUT2D eigenvalue weighted by molar-refractivity contribution is 6.31. The van der Waals surface area contributed by atoms with Gasteiger partial charge in [0.1, 0.15) is 18.4 Å². The maximum absolute atomic E-state index is 9.07. The highest BCUT2D eigenvalue weighted by Gasteiger charge is 2.06. The Bertz CT molecular complexity index is 647. The number of nitriles is 1. The van der Waals surface area contributed by atoms with Crippen molar-refractivity contribution in [2.24, 2.45) is 0 Å². The van der Waals surface area contributed by atoms with Crippen molar-refractivity contribution in [3.63, 3.8) is 0 Å². The molecule has 0 saturated carbocycles. The minimum atomic E-state index is 0.301. The number of ether oxygens (including phenoxy) is 1. The molecule has 2 aromatic carbocycles. The molecule has 96 valence electrons. The summed E-state index contributed by atoms with van der Waals surface area (Å²) in [7, 11) is 0. The highest BCUT2D eigenvalue weighted by Crippen LogP contribution is 2.23. The minimum Gasteiger partial charge on any atom is -0.489 e. The van der Waals surface area contributed by atoms with Crippen LogP contribution in [0, 0.1) is 18.3 Å². The van der Waals surface area contributed by atoms with E-state index < -0.39 is 0 Å². The lowest BCUT2D eigenvalue weighted by Crippen LogP contribution is -2.01. The monoisotopic (exact) mass is 272 g/mol. The predicted octanol–water partition coefficient (Wildman–Crippen LogP) is 3.68. The van der Waals surface area contributed by atoms with Crippen molar-refractivity contribution in [3.05, 3.63) is 58.1 Å². The molecule has 2 aromatic rings. The molecule has 2 rings (SSSR count). The van der Waals surface area contributed by atoms with E-state index in [0.717, 1.165) is 11.1 Å². The molecular formula is C15H13ClN2O. The fourth-order valence-corrected chi connectivity index (χ4v) is 1.86. The first-order valence-corrected chi connectivity index (χ1v) is 6.16. The van der Waals surface area contributed by atoms with Gasteiger partial charge in [0.05, 0.1) is 5.56 Å². The Morgan fingerprint density at radius 1 is 1.32 bits per heavy atom. The van der Waals surface area contributed by atoms with E-state index in [4.69, 9.17) is 27.3 Å². The number of nitrogen functional groups attached to an aromatic ring is 1. The van der Waals surface area contributed by atoms with Crippen molar-refractivity contribution in [2.75, 3.05) is 5.73 Å². The number of aryl methyl sites for hydroxylation is 1. The van der Waals surface area contributed by atoms with Crippen LogP contribution in [-0.4, -0.2) is 0 Å². The number of hydrogen-bond acceptors (Lipinski definition) is 3. The molecule has 0 atom stereocenters. The second kappa shape index (κ2) is 5.64. The van der Waals surface area contributed by atoms with Crippen LogP contribution in [0.4, 0.5) is 5.69 Å². The second-order valence-electron chi connectivity index (χ2n) is 4.19. The predicted molar refractivity (Wildman–Crippen MR) is 76.1 cm³/mol. The molecule has 0 heterocycles. The van der Waals surface area contributed by atoms with Gasteiger partial charge in [0, 0.05) is 16.3 Å². The molecule has 0 spiro atoms. The zero-order valence-corrected chi connectivity index (χ0v) is 11.2. The van der Waals surface area contributed by atoms with Crippen LogP contribution in [0.3, 0.4) is 0 Å². The van der Waals surface area contributed by atoms with Crippen LogP contribution in [0.15, 0.2) is 36.4 Å². The first-order valence-electron chi connectivity index (χ1n) is 5.78. The summed E-state index contributed by atoms with van der Waals surface area (Å²) in [6, 6.07) is 12.9. The summed E-state index contributed by atoms with van der Waals surface area (Å²) in [6.07, 6.45) is 0. The van der Waals surface area contributed by atoms with Crippen molar-refractivity contribution in [2.45, 2.75) is 13.5 Å². The first-order chi connectivity index (χ1) is 9.11. The van der Waals surface area contributed by atoms with E-state index in [2.05, 4.69) is 6.07 Å². The van der Waals surface area contributed by atoms with E-state index in [1.54, 1.807) is 18.2 Å². The molecule has 4 heteroatoms. The Balaban J connectivity index is 2.17. The van der Waals surface area contributed by atoms with Gasteiger partial charge in [0.25, 0.3) is 0 Å². The molecule has 3 nitrogen and oxygen atoms in total. The summed E-state index contributed by atoms with van der Waals surface area (Å²) in [5.41, 5.74) is 8.41. The Hall–Kier alpha value is -2.18. The third kappa shape index (κ3) is 2.98.